The SMILES string of the molecule is C[C@H](NC(=O)CSc1n[nH]c(=S)s1)c1ccoc1. The maximum Gasteiger partial charge on any atom is 0.230 e. The molecule has 96 valence electrons. The largest absolute Gasteiger partial charge is 0.472 e. The highest BCUT2D eigenvalue weighted by molar-refractivity contribution is 8.01. The number of nitrogens with one attached hydrogen (secondary N) is 2. The molecule has 0 bridgehead atoms. The van der Waals surface area contributed by atoms with Gasteiger partial charge in [0, 0.05) is 5.56 Å². The van der Waals surface area contributed by atoms with E-state index in [4.69, 9.17) is 16.6 Å². The highest BCUT2D eigenvalue weighted by Crippen LogP contribution is 2.20. The molecule has 2 N–H and O–H groups in total. The predicted octanol–water partition coefficient (Wildman–Crippen LogP) is 2.76. The molecule has 0 saturated carbocycles. The average molecular weight is 301 g/mol. The lowest BCUT2D eigenvalue weighted by molar-refractivity contribution is -0.119. The Balaban J connectivity index is 1.80. The number of furan rings is 1. The Labute approximate surface area is 117 Å². The van der Waals surface area contributed by atoms with E-state index in [1.807, 2.05) is 13.0 Å². The second-order valence-electron chi connectivity index (χ2n) is 3.51. The van der Waals surface area contributed by atoms with E-state index < -0.39 is 0 Å². The summed E-state index contributed by atoms with van der Waals surface area (Å²) in [4.78, 5) is 11.7. The average Bonchev–Trinajstić information content (AvgIpc) is 2.97. The van der Waals surface area contributed by atoms with Crippen LogP contribution >= 0.6 is 35.3 Å². The molecule has 0 aliphatic rings. The van der Waals surface area contributed by atoms with Crippen molar-refractivity contribution in [2.75, 3.05) is 5.75 Å². The van der Waals surface area contributed by atoms with Gasteiger partial charge in [-0.2, -0.15) is 5.10 Å². The van der Waals surface area contributed by atoms with Crippen molar-refractivity contribution in [3.05, 3.63) is 28.1 Å². The fraction of sp³-hybridized carbons (Fsp3) is 0.300. The minimum absolute atomic E-state index is 0.0465. The molecule has 0 unspecified atom stereocenters. The third-order valence-electron chi connectivity index (χ3n) is 2.17. The number of carbonyl (C=O) groups excluding carboxylic acids is 1. The smallest absolute Gasteiger partial charge is 0.230 e. The molecule has 2 aromatic rings. The molecule has 8 heteroatoms. The molecule has 1 atom stereocenters. The zero-order valence-corrected chi connectivity index (χ0v) is 12.0. The number of hydrogen-bond acceptors (Lipinski definition) is 6. The number of rotatable bonds is 5. The summed E-state index contributed by atoms with van der Waals surface area (Å²) in [6.07, 6.45) is 3.21. The third kappa shape index (κ3) is 3.69. The van der Waals surface area contributed by atoms with Crippen molar-refractivity contribution in [2.45, 2.75) is 17.3 Å². The van der Waals surface area contributed by atoms with E-state index in [-0.39, 0.29) is 11.9 Å². The summed E-state index contributed by atoms with van der Waals surface area (Å²) >= 11 is 7.64. The number of carbonyl (C=O) groups is 1. The quantitative estimate of drug-likeness (QED) is 0.656. The first kappa shape index (κ1) is 13.3. The number of H-pyrrole nitrogens is 1. The molecule has 2 aromatic heterocycles. The zero-order chi connectivity index (χ0) is 13.0. The summed E-state index contributed by atoms with van der Waals surface area (Å²) < 4.78 is 6.35. The molecule has 0 saturated heterocycles. The Morgan fingerprint density at radius 2 is 2.61 bits per heavy atom. The highest BCUT2D eigenvalue weighted by Gasteiger charge is 2.11. The lowest BCUT2D eigenvalue weighted by atomic mass is 10.2. The van der Waals surface area contributed by atoms with Gasteiger partial charge in [0.15, 0.2) is 8.29 Å². The molecule has 5 nitrogen and oxygen atoms in total. The molecule has 0 radical (unpaired) electrons. The van der Waals surface area contributed by atoms with Gasteiger partial charge in [-0.3, -0.25) is 9.89 Å². The number of aromatic amines is 1. The van der Waals surface area contributed by atoms with Gasteiger partial charge < -0.3 is 9.73 Å². The van der Waals surface area contributed by atoms with Crippen molar-refractivity contribution in [1.29, 1.82) is 0 Å². The summed E-state index contributed by atoms with van der Waals surface area (Å²) in [6, 6.07) is 1.77. The summed E-state index contributed by atoms with van der Waals surface area (Å²) in [6.45, 7) is 1.91. The van der Waals surface area contributed by atoms with Crippen LogP contribution in [0.4, 0.5) is 0 Å². The predicted molar refractivity (Wildman–Crippen MR) is 73.3 cm³/mol. The molecule has 0 spiro atoms. The van der Waals surface area contributed by atoms with Crippen LogP contribution in [0.3, 0.4) is 0 Å². The fourth-order valence-corrected chi connectivity index (χ4v) is 3.19. The normalized spacial score (nSPS) is 12.3. The van der Waals surface area contributed by atoms with Crippen molar-refractivity contribution in [3.63, 3.8) is 0 Å². The van der Waals surface area contributed by atoms with Crippen LogP contribution in [0.1, 0.15) is 18.5 Å². The van der Waals surface area contributed by atoms with Crippen molar-refractivity contribution in [1.82, 2.24) is 15.5 Å². The lowest BCUT2D eigenvalue weighted by Gasteiger charge is -2.11. The second-order valence-corrected chi connectivity index (χ2v) is 6.40. The molecular weight excluding hydrogens is 290 g/mol. The fourth-order valence-electron chi connectivity index (χ4n) is 1.29. The van der Waals surface area contributed by atoms with Gasteiger partial charge in [0.1, 0.15) is 0 Å². The molecular formula is C10H11N3O2S3. The maximum absolute atomic E-state index is 11.7. The Morgan fingerprint density at radius 1 is 1.78 bits per heavy atom. The van der Waals surface area contributed by atoms with Crippen molar-refractivity contribution >= 4 is 41.2 Å². The molecule has 0 aliphatic heterocycles. The van der Waals surface area contributed by atoms with Gasteiger partial charge in [-0.05, 0) is 25.2 Å². The minimum Gasteiger partial charge on any atom is -0.472 e. The van der Waals surface area contributed by atoms with E-state index in [0.717, 1.165) is 9.90 Å². The monoisotopic (exact) mass is 301 g/mol. The summed E-state index contributed by atoms with van der Waals surface area (Å²) in [7, 11) is 0. The maximum atomic E-state index is 11.7. The topological polar surface area (TPSA) is 70.9 Å². The third-order valence-corrected chi connectivity index (χ3v) is 4.40. The Kier molecular flexibility index (Phi) is 4.56. The second kappa shape index (κ2) is 6.17. The summed E-state index contributed by atoms with van der Waals surface area (Å²) in [5.41, 5.74) is 0.948. The van der Waals surface area contributed by atoms with Gasteiger partial charge in [-0.15, -0.1) is 0 Å². The number of thioether (sulfide) groups is 1. The van der Waals surface area contributed by atoms with Gasteiger partial charge >= 0.3 is 0 Å². The number of aromatic nitrogens is 2. The van der Waals surface area contributed by atoms with Crippen LogP contribution in [0, 0.1) is 3.95 Å². The van der Waals surface area contributed by atoms with Crippen molar-refractivity contribution in [3.8, 4) is 0 Å². The Bertz CT molecular complexity index is 561. The molecule has 2 rings (SSSR count). The standard InChI is InChI=1S/C10H11N3O2S3/c1-6(7-2-3-15-4-7)11-8(14)5-17-10-13-12-9(16)18-10/h2-4,6H,5H2,1H3,(H,11,14)(H,12,16)/t6-/m0/s1. The number of nitrogens with zero attached hydrogens (tertiary/aromatic N) is 1. The zero-order valence-electron chi connectivity index (χ0n) is 9.50. The van der Waals surface area contributed by atoms with E-state index in [9.17, 15) is 4.79 Å². The van der Waals surface area contributed by atoms with Crippen LogP contribution in [0.15, 0.2) is 27.3 Å². The first-order chi connectivity index (χ1) is 8.65. The van der Waals surface area contributed by atoms with Crippen molar-refractivity contribution < 1.29 is 9.21 Å². The molecule has 0 fully saturated rings. The summed E-state index contributed by atoms with van der Waals surface area (Å²) in [5.74, 6) is 0.271. The molecule has 0 aromatic carbocycles. The van der Waals surface area contributed by atoms with E-state index in [0.29, 0.717) is 9.71 Å². The van der Waals surface area contributed by atoms with Crippen LogP contribution in [0.25, 0.3) is 0 Å². The Hall–Kier alpha value is -1.12. The van der Waals surface area contributed by atoms with E-state index in [2.05, 4.69) is 15.5 Å². The van der Waals surface area contributed by atoms with Gasteiger partial charge in [-0.25, -0.2) is 0 Å². The van der Waals surface area contributed by atoms with Gasteiger partial charge in [0.25, 0.3) is 0 Å². The number of amides is 1. The van der Waals surface area contributed by atoms with E-state index >= 15 is 0 Å². The van der Waals surface area contributed by atoms with Crippen LogP contribution in [0.2, 0.25) is 0 Å². The van der Waals surface area contributed by atoms with Gasteiger partial charge in [0.2, 0.25) is 5.91 Å². The van der Waals surface area contributed by atoms with Crippen LogP contribution in [-0.4, -0.2) is 21.9 Å². The highest BCUT2D eigenvalue weighted by atomic mass is 32.2. The molecule has 2 heterocycles. The van der Waals surface area contributed by atoms with Gasteiger partial charge in [-0.1, -0.05) is 23.1 Å². The first-order valence-corrected chi connectivity index (χ1v) is 7.36. The van der Waals surface area contributed by atoms with Crippen LogP contribution < -0.4 is 5.32 Å². The van der Waals surface area contributed by atoms with E-state index in [1.54, 1.807) is 12.5 Å². The minimum atomic E-state index is -0.0609. The van der Waals surface area contributed by atoms with Crippen molar-refractivity contribution in [2.24, 2.45) is 0 Å². The number of hydrogen-bond donors (Lipinski definition) is 2. The summed E-state index contributed by atoms with van der Waals surface area (Å²) in [5, 5.41) is 9.53. The Morgan fingerprint density at radius 3 is 3.22 bits per heavy atom. The molecule has 18 heavy (non-hydrogen) atoms. The molecule has 1 amide bonds. The molecule has 0 aliphatic carbocycles. The van der Waals surface area contributed by atoms with Crippen LogP contribution in [0.5, 0.6) is 0 Å². The van der Waals surface area contributed by atoms with E-state index in [1.165, 1.54) is 23.1 Å². The van der Waals surface area contributed by atoms with Crippen LogP contribution in [-0.2, 0) is 4.79 Å². The van der Waals surface area contributed by atoms with Gasteiger partial charge in [0.05, 0.1) is 24.3 Å². The lowest BCUT2D eigenvalue weighted by Crippen LogP contribution is -2.27. The first-order valence-electron chi connectivity index (χ1n) is 5.15.